The molecule has 1 aliphatic rings. The van der Waals surface area contributed by atoms with Gasteiger partial charge in [0.15, 0.2) is 0 Å². The molecule has 17 heavy (non-hydrogen) atoms. The fourth-order valence-electron chi connectivity index (χ4n) is 2.21. The Labute approximate surface area is 105 Å². The van der Waals surface area contributed by atoms with Gasteiger partial charge in [-0.1, -0.05) is 13.8 Å². The topological polar surface area (TPSA) is 44.7 Å². The highest BCUT2D eigenvalue weighted by Crippen LogP contribution is 2.19. The van der Waals surface area contributed by atoms with Crippen molar-refractivity contribution in [2.75, 3.05) is 39.4 Å². The number of hydrogen-bond donors (Lipinski definition) is 2. The zero-order valence-electron chi connectivity index (χ0n) is 11.5. The molecule has 4 heteroatoms. The Hall–Kier alpha value is -0.160. The van der Waals surface area contributed by atoms with Crippen LogP contribution in [0.4, 0.5) is 0 Å². The van der Waals surface area contributed by atoms with Gasteiger partial charge in [0, 0.05) is 31.8 Å². The summed E-state index contributed by atoms with van der Waals surface area (Å²) < 4.78 is 5.36. The van der Waals surface area contributed by atoms with Crippen molar-refractivity contribution < 1.29 is 9.84 Å². The van der Waals surface area contributed by atoms with Crippen LogP contribution >= 0.6 is 0 Å². The predicted molar refractivity (Wildman–Crippen MR) is 70.3 cm³/mol. The van der Waals surface area contributed by atoms with E-state index < -0.39 is 0 Å². The summed E-state index contributed by atoms with van der Waals surface area (Å²) in [6.45, 7) is 11.6. The number of β-amino-alcohol motifs (C(OH)–C–C–N with tert-alkyl or cyclic N) is 1. The quantitative estimate of drug-likeness (QED) is 0.697. The van der Waals surface area contributed by atoms with E-state index in [4.69, 9.17) is 4.74 Å². The Balaban J connectivity index is 2.24. The molecule has 1 aliphatic heterocycles. The van der Waals surface area contributed by atoms with Gasteiger partial charge in [0.2, 0.25) is 0 Å². The van der Waals surface area contributed by atoms with E-state index in [1.807, 2.05) is 0 Å². The van der Waals surface area contributed by atoms with Crippen LogP contribution in [0.15, 0.2) is 0 Å². The molecular formula is C13H28N2O2. The molecule has 0 bridgehead atoms. The number of rotatable bonds is 7. The molecule has 0 aromatic heterocycles. The van der Waals surface area contributed by atoms with Gasteiger partial charge in [0.05, 0.1) is 6.10 Å². The van der Waals surface area contributed by atoms with Gasteiger partial charge >= 0.3 is 0 Å². The molecule has 1 rings (SSSR count). The Kier molecular flexibility index (Phi) is 6.41. The molecule has 1 heterocycles. The summed E-state index contributed by atoms with van der Waals surface area (Å²) in [6, 6.07) is 0. The van der Waals surface area contributed by atoms with Gasteiger partial charge < -0.3 is 20.1 Å². The van der Waals surface area contributed by atoms with Gasteiger partial charge in [-0.2, -0.15) is 0 Å². The van der Waals surface area contributed by atoms with E-state index in [0.29, 0.717) is 6.54 Å². The average molecular weight is 244 g/mol. The third-order valence-corrected chi connectivity index (χ3v) is 3.72. The lowest BCUT2D eigenvalue weighted by Crippen LogP contribution is -2.50. The summed E-state index contributed by atoms with van der Waals surface area (Å²) in [5, 5.41) is 13.5. The van der Waals surface area contributed by atoms with Crippen LogP contribution in [0.5, 0.6) is 0 Å². The SMILES string of the molecule is CCN(CC)CC(O)CNC1(C)CCOCC1. The monoisotopic (exact) mass is 244 g/mol. The van der Waals surface area contributed by atoms with E-state index in [1.165, 1.54) is 0 Å². The van der Waals surface area contributed by atoms with E-state index in [9.17, 15) is 5.11 Å². The Morgan fingerprint density at radius 3 is 2.41 bits per heavy atom. The third-order valence-electron chi connectivity index (χ3n) is 3.72. The minimum absolute atomic E-state index is 0.141. The van der Waals surface area contributed by atoms with Crippen molar-refractivity contribution in [3.63, 3.8) is 0 Å². The van der Waals surface area contributed by atoms with Gasteiger partial charge in [-0.15, -0.1) is 0 Å². The van der Waals surface area contributed by atoms with Crippen molar-refractivity contribution in [2.24, 2.45) is 0 Å². The summed E-state index contributed by atoms with van der Waals surface area (Å²) in [5.41, 5.74) is 0.141. The molecule has 0 amide bonds. The second kappa shape index (κ2) is 7.31. The number of ether oxygens (including phenoxy) is 1. The van der Waals surface area contributed by atoms with Crippen LogP contribution in [0.1, 0.15) is 33.6 Å². The highest BCUT2D eigenvalue weighted by Gasteiger charge is 2.27. The molecular weight excluding hydrogens is 216 g/mol. The molecule has 2 N–H and O–H groups in total. The van der Waals surface area contributed by atoms with Crippen LogP contribution in [0, 0.1) is 0 Å². The van der Waals surface area contributed by atoms with Crippen LogP contribution in [-0.4, -0.2) is 61.0 Å². The molecule has 102 valence electrons. The van der Waals surface area contributed by atoms with Crippen molar-refractivity contribution in [2.45, 2.75) is 45.3 Å². The molecule has 4 nitrogen and oxygen atoms in total. The first-order chi connectivity index (χ1) is 8.09. The molecule has 1 fully saturated rings. The molecule has 0 radical (unpaired) electrons. The predicted octanol–water partition coefficient (Wildman–Crippen LogP) is 0.848. The van der Waals surface area contributed by atoms with E-state index >= 15 is 0 Å². The lowest BCUT2D eigenvalue weighted by atomic mass is 9.92. The second-order valence-electron chi connectivity index (χ2n) is 5.19. The largest absolute Gasteiger partial charge is 0.390 e. The molecule has 1 unspecified atom stereocenters. The van der Waals surface area contributed by atoms with Gasteiger partial charge in [0.25, 0.3) is 0 Å². The zero-order chi connectivity index (χ0) is 12.7. The van der Waals surface area contributed by atoms with Gasteiger partial charge in [0.1, 0.15) is 0 Å². The van der Waals surface area contributed by atoms with Crippen molar-refractivity contribution in [3.05, 3.63) is 0 Å². The summed E-state index contributed by atoms with van der Waals surface area (Å²) in [4.78, 5) is 2.25. The molecule has 1 saturated heterocycles. The minimum Gasteiger partial charge on any atom is -0.390 e. The maximum absolute atomic E-state index is 9.99. The Morgan fingerprint density at radius 2 is 1.88 bits per heavy atom. The summed E-state index contributed by atoms with van der Waals surface area (Å²) in [6.07, 6.45) is 1.78. The fourth-order valence-corrected chi connectivity index (χ4v) is 2.21. The number of likely N-dealkylation sites (N-methyl/N-ethyl adjacent to an activating group) is 1. The number of hydrogen-bond acceptors (Lipinski definition) is 4. The average Bonchev–Trinajstić information content (AvgIpc) is 2.34. The summed E-state index contributed by atoms with van der Waals surface area (Å²) in [7, 11) is 0. The van der Waals surface area contributed by atoms with Gasteiger partial charge in [-0.25, -0.2) is 0 Å². The van der Waals surface area contributed by atoms with Crippen LogP contribution in [0.2, 0.25) is 0 Å². The van der Waals surface area contributed by atoms with Gasteiger partial charge in [-0.05, 0) is 32.9 Å². The van der Waals surface area contributed by atoms with Crippen LogP contribution in [-0.2, 0) is 4.74 Å². The van der Waals surface area contributed by atoms with Crippen molar-refractivity contribution in [3.8, 4) is 0 Å². The number of aliphatic hydroxyl groups is 1. The number of nitrogens with zero attached hydrogens (tertiary/aromatic N) is 1. The summed E-state index contributed by atoms with van der Waals surface area (Å²) in [5.74, 6) is 0. The fraction of sp³-hybridized carbons (Fsp3) is 1.00. The van der Waals surface area contributed by atoms with Crippen LogP contribution < -0.4 is 5.32 Å². The Morgan fingerprint density at radius 1 is 1.29 bits per heavy atom. The normalized spacial score (nSPS) is 21.7. The smallest absolute Gasteiger partial charge is 0.0791 e. The van der Waals surface area contributed by atoms with Gasteiger partial charge in [-0.3, -0.25) is 0 Å². The Bertz CT molecular complexity index is 202. The van der Waals surface area contributed by atoms with Crippen LogP contribution in [0.25, 0.3) is 0 Å². The highest BCUT2D eigenvalue weighted by atomic mass is 16.5. The van der Waals surface area contributed by atoms with Crippen LogP contribution in [0.3, 0.4) is 0 Å². The van der Waals surface area contributed by atoms with E-state index in [2.05, 4.69) is 31.0 Å². The third kappa shape index (κ3) is 5.34. The molecule has 0 spiro atoms. The summed E-state index contributed by atoms with van der Waals surface area (Å²) >= 11 is 0. The minimum atomic E-state index is -0.283. The lowest BCUT2D eigenvalue weighted by molar-refractivity contribution is 0.0357. The maximum Gasteiger partial charge on any atom is 0.0791 e. The number of nitrogens with one attached hydrogen (secondary N) is 1. The molecule has 0 saturated carbocycles. The molecule has 0 aliphatic carbocycles. The van der Waals surface area contributed by atoms with Crippen molar-refractivity contribution in [1.29, 1.82) is 0 Å². The van der Waals surface area contributed by atoms with Crippen molar-refractivity contribution >= 4 is 0 Å². The van der Waals surface area contributed by atoms with E-state index in [-0.39, 0.29) is 11.6 Å². The maximum atomic E-state index is 9.99. The van der Waals surface area contributed by atoms with E-state index in [0.717, 1.165) is 45.7 Å². The molecule has 1 atom stereocenters. The molecule has 0 aromatic carbocycles. The first-order valence-corrected chi connectivity index (χ1v) is 6.83. The van der Waals surface area contributed by atoms with E-state index in [1.54, 1.807) is 0 Å². The van der Waals surface area contributed by atoms with Crippen molar-refractivity contribution in [1.82, 2.24) is 10.2 Å². The zero-order valence-corrected chi connectivity index (χ0v) is 11.5. The second-order valence-corrected chi connectivity index (χ2v) is 5.19. The standard InChI is InChI=1S/C13H28N2O2/c1-4-15(5-2)11-12(16)10-14-13(3)6-8-17-9-7-13/h12,14,16H,4-11H2,1-3H3. The first-order valence-electron chi connectivity index (χ1n) is 6.83. The number of aliphatic hydroxyl groups excluding tert-OH is 1. The highest BCUT2D eigenvalue weighted by molar-refractivity contribution is 4.86. The molecule has 0 aromatic rings. The first kappa shape index (κ1) is 14.9. The lowest BCUT2D eigenvalue weighted by Gasteiger charge is -2.35.